The fourth-order valence-corrected chi connectivity index (χ4v) is 2.35. The highest BCUT2D eigenvalue weighted by atomic mass is 14.8. The average Bonchev–Trinajstić information content (AvgIpc) is 2.48. The lowest BCUT2D eigenvalue weighted by Crippen LogP contribution is -1.93. The Kier molecular flexibility index (Phi) is 3.30. The summed E-state index contributed by atoms with van der Waals surface area (Å²) in [4.78, 5) is 9.13. The van der Waals surface area contributed by atoms with E-state index in [9.17, 15) is 0 Å². The summed E-state index contributed by atoms with van der Waals surface area (Å²) in [6.07, 6.45) is 3.65. The van der Waals surface area contributed by atoms with Crippen LogP contribution in [-0.2, 0) is 0 Å². The van der Waals surface area contributed by atoms with Crippen LogP contribution in [0.2, 0.25) is 0 Å². The quantitative estimate of drug-likeness (QED) is 0.681. The van der Waals surface area contributed by atoms with Crippen LogP contribution >= 0.6 is 0 Å². The molecule has 2 nitrogen and oxygen atoms in total. The van der Waals surface area contributed by atoms with Gasteiger partial charge in [0.25, 0.3) is 0 Å². The Bertz CT molecular complexity index is 687. The molecule has 0 aliphatic rings. The Morgan fingerprint density at radius 1 is 0.650 bits per heavy atom. The summed E-state index contributed by atoms with van der Waals surface area (Å²) >= 11 is 0. The predicted molar refractivity (Wildman–Crippen MR) is 82.4 cm³/mol. The van der Waals surface area contributed by atoms with Crippen molar-refractivity contribution >= 4 is 0 Å². The second-order valence-corrected chi connectivity index (χ2v) is 4.92. The number of rotatable bonds is 2. The molecule has 2 aromatic carbocycles. The van der Waals surface area contributed by atoms with Gasteiger partial charge < -0.3 is 0 Å². The van der Waals surface area contributed by atoms with Crippen LogP contribution in [0.5, 0.6) is 0 Å². The Balaban J connectivity index is 2.12. The lowest BCUT2D eigenvalue weighted by Gasteiger charge is -2.08. The second-order valence-electron chi connectivity index (χ2n) is 4.92. The predicted octanol–water partition coefficient (Wildman–Crippen LogP) is 4.43. The van der Waals surface area contributed by atoms with E-state index in [-0.39, 0.29) is 0 Å². The highest BCUT2D eigenvalue weighted by Crippen LogP contribution is 2.25. The molecule has 0 unspecified atom stereocenters. The fourth-order valence-electron chi connectivity index (χ4n) is 2.35. The maximum absolute atomic E-state index is 4.77. The molecular weight excluding hydrogens is 244 g/mol. The number of aromatic nitrogens is 2. The summed E-state index contributed by atoms with van der Waals surface area (Å²) in [6, 6.07) is 16.5. The zero-order chi connectivity index (χ0) is 13.9. The van der Waals surface area contributed by atoms with Gasteiger partial charge in [-0.1, -0.05) is 48.5 Å². The van der Waals surface area contributed by atoms with E-state index in [1.807, 2.05) is 36.7 Å². The van der Waals surface area contributed by atoms with Crippen molar-refractivity contribution in [2.24, 2.45) is 0 Å². The van der Waals surface area contributed by atoms with Gasteiger partial charge >= 0.3 is 0 Å². The van der Waals surface area contributed by atoms with Crippen LogP contribution in [0.15, 0.2) is 60.9 Å². The molecule has 0 saturated carbocycles. The summed E-state index contributed by atoms with van der Waals surface area (Å²) in [5, 5.41) is 0. The van der Waals surface area contributed by atoms with Crippen molar-refractivity contribution in [2.75, 3.05) is 0 Å². The third-order valence-electron chi connectivity index (χ3n) is 3.48. The molecular formula is C18H16N2. The van der Waals surface area contributed by atoms with Gasteiger partial charge in [-0.25, -0.2) is 4.98 Å². The zero-order valence-electron chi connectivity index (χ0n) is 11.7. The Morgan fingerprint density at radius 3 is 1.55 bits per heavy atom. The lowest BCUT2D eigenvalue weighted by molar-refractivity contribution is 1.20. The minimum absolute atomic E-state index is 0.920. The first-order valence-electron chi connectivity index (χ1n) is 6.70. The largest absolute Gasteiger partial charge is 0.260 e. The maximum Gasteiger partial charge on any atom is 0.0895 e. The minimum atomic E-state index is 0.920. The van der Waals surface area contributed by atoms with E-state index in [0.29, 0.717) is 0 Å². The molecule has 1 aromatic heterocycles. The molecule has 0 bridgehead atoms. The molecule has 0 aliphatic heterocycles. The van der Waals surface area contributed by atoms with Gasteiger partial charge in [-0.2, -0.15) is 0 Å². The summed E-state index contributed by atoms with van der Waals surface area (Å²) in [7, 11) is 0. The normalized spacial score (nSPS) is 10.5. The molecule has 2 heteroatoms. The van der Waals surface area contributed by atoms with Gasteiger partial charge in [0.1, 0.15) is 0 Å². The summed E-state index contributed by atoms with van der Waals surface area (Å²) in [5.41, 5.74) is 6.53. The molecule has 1 heterocycles. The Labute approximate surface area is 119 Å². The van der Waals surface area contributed by atoms with E-state index in [1.54, 1.807) is 0 Å². The number of benzene rings is 2. The van der Waals surface area contributed by atoms with Crippen LogP contribution in [-0.4, -0.2) is 9.97 Å². The van der Waals surface area contributed by atoms with Gasteiger partial charge in [0.2, 0.25) is 0 Å². The smallest absolute Gasteiger partial charge is 0.0895 e. The highest BCUT2D eigenvalue weighted by molar-refractivity contribution is 5.68. The molecule has 0 fully saturated rings. The first-order chi connectivity index (χ1) is 9.75. The van der Waals surface area contributed by atoms with E-state index >= 15 is 0 Å². The van der Waals surface area contributed by atoms with Crippen molar-refractivity contribution < 1.29 is 0 Å². The van der Waals surface area contributed by atoms with Gasteiger partial charge in [0, 0.05) is 11.1 Å². The van der Waals surface area contributed by atoms with Gasteiger partial charge in [0.05, 0.1) is 23.8 Å². The molecule has 20 heavy (non-hydrogen) atoms. The maximum atomic E-state index is 4.77. The van der Waals surface area contributed by atoms with Crippen molar-refractivity contribution in [2.45, 2.75) is 13.8 Å². The fraction of sp³-hybridized carbons (Fsp3) is 0.111. The van der Waals surface area contributed by atoms with Crippen molar-refractivity contribution in [1.82, 2.24) is 9.97 Å². The monoisotopic (exact) mass is 260 g/mol. The molecule has 0 saturated heterocycles. The van der Waals surface area contributed by atoms with E-state index < -0.39 is 0 Å². The molecule has 3 rings (SSSR count). The van der Waals surface area contributed by atoms with Crippen molar-refractivity contribution in [3.63, 3.8) is 0 Å². The Morgan fingerprint density at radius 2 is 1.10 bits per heavy atom. The molecule has 0 amide bonds. The van der Waals surface area contributed by atoms with Crippen molar-refractivity contribution in [3.05, 3.63) is 72.1 Å². The molecule has 0 radical (unpaired) electrons. The highest BCUT2D eigenvalue weighted by Gasteiger charge is 2.07. The number of nitrogens with zero attached hydrogens (tertiary/aromatic N) is 2. The molecule has 98 valence electrons. The lowest BCUT2D eigenvalue weighted by atomic mass is 10.0. The van der Waals surface area contributed by atoms with Gasteiger partial charge in [-0.3, -0.25) is 4.98 Å². The first-order valence-corrected chi connectivity index (χ1v) is 6.70. The number of hydrogen-bond donors (Lipinski definition) is 0. The van der Waals surface area contributed by atoms with Crippen LogP contribution < -0.4 is 0 Å². The summed E-state index contributed by atoms with van der Waals surface area (Å²) < 4.78 is 0. The van der Waals surface area contributed by atoms with E-state index in [1.165, 1.54) is 11.1 Å². The Hall–Kier alpha value is -2.48. The molecule has 0 atom stereocenters. The van der Waals surface area contributed by atoms with Crippen LogP contribution in [0.25, 0.3) is 22.5 Å². The van der Waals surface area contributed by atoms with Gasteiger partial charge in [0.15, 0.2) is 0 Å². The third kappa shape index (κ3) is 2.32. The van der Waals surface area contributed by atoms with Crippen LogP contribution in [0, 0.1) is 13.8 Å². The van der Waals surface area contributed by atoms with E-state index in [0.717, 1.165) is 22.5 Å². The van der Waals surface area contributed by atoms with Gasteiger partial charge in [-0.05, 0) is 25.0 Å². The topological polar surface area (TPSA) is 25.8 Å². The zero-order valence-corrected chi connectivity index (χ0v) is 11.7. The van der Waals surface area contributed by atoms with Crippen LogP contribution in [0.4, 0.5) is 0 Å². The summed E-state index contributed by atoms with van der Waals surface area (Å²) in [6.45, 7) is 4.19. The van der Waals surface area contributed by atoms with E-state index in [4.69, 9.17) is 4.98 Å². The first kappa shape index (κ1) is 12.5. The number of aryl methyl sites for hydroxylation is 2. The SMILES string of the molecule is Cc1ccccc1-c1cncc(-c2ccccc2C)n1. The van der Waals surface area contributed by atoms with Crippen LogP contribution in [0.1, 0.15) is 11.1 Å². The third-order valence-corrected chi connectivity index (χ3v) is 3.48. The molecule has 0 N–H and O–H groups in total. The minimum Gasteiger partial charge on any atom is -0.260 e. The molecule has 0 aliphatic carbocycles. The second kappa shape index (κ2) is 5.25. The van der Waals surface area contributed by atoms with Crippen molar-refractivity contribution in [1.29, 1.82) is 0 Å². The average molecular weight is 260 g/mol. The standard InChI is InChI=1S/C18H16N2/c1-13-7-3-5-9-15(13)17-11-19-12-18(20-17)16-10-6-4-8-14(16)2/h3-12H,1-2H3. The van der Waals surface area contributed by atoms with Crippen molar-refractivity contribution in [3.8, 4) is 22.5 Å². The van der Waals surface area contributed by atoms with E-state index in [2.05, 4.69) is 43.1 Å². The molecule has 0 spiro atoms. The van der Waals surface area contributed by atoms with Gasteiger partial charge in [-0.15, -0.1) is 0 Å². The summed E-state index contributed by atoms with van der Waals surface area (Å²) in [5.74, 6) is 0. The number of hydrogen-bond acceptors (Lipinski definition) is 2. The molecule has 3 aromatic rings. The van der Waals surface area contributed by atoms with Crippen LogP contribution in [0.3, 0.4) is 0 Å².